The molecule has 0 saturated carbocycles. The van der Waals surface area contributed by atoms with Crippen molar-refractivity contribution in [2.45, 2.75) is 39.8 Å². The highest BCUT2D eigenvalue weighted by molar-refractivity contribution is 5.37. The summed E-state index contributed by atoms with van der Waals surface area (Å²) in [4.78, 5) is 2.22. The van der Waals surface area contributed by atoms with Crippen LogP contribution in [0.1, 0.15) is 37.8 Å². The fourth-order valence-electron chi connectivity index (χ4n) is 2.31. The Bertz CT molecular complexity index is 396. The smallest absolute Gasteiger partial charge is 0.123 e. The maximum atomic E-state index is 9.06. The Morgan fingerprint density at radius 1 is 1.29 bits per heavy atom. The Kier molecular flexibility index (Phi) is 9.06. The van der Waals surface area contributed by atoms with E-state index < -0.39 is 0 Å². The summed E-state index contributed by atoms with van der Waals surface area (Å²) in [5, 5.41) is 12.5. The topological polar surface area (TPSA) is 44.7 Å². The first kappa shape index (κ1) is 18.0. The molecule has 1 rings (SSSR count). The number of unbranched alkanes of at least 4 members (excludes halogenated alkanes) is 1. The molecular formula is C17H30N2O2. The van der Waals surface area contributed by atoms with Gasteiger partial charge in [-0.1, -0.05) is 32.4 Å². The fourth-order valence-corrected chi connectivity index (χ4v) is 2.31. The van der Waals surface area contributed by atoms with E-state index in [0.717, 1.165) is 31.9 Å². The van der Waals surface area contributed by atoms with E-state index in [-0.39, 0.29) is 6.61 Å². The predicted molar refractivity (Wildman–Crippen MR) is 87.6 cm³/mol. The number of methoxy groups -OCH3 is 1. The summed E-state index contributed by atoms with van der Waals surface area (Å²) < 4.78 is 5.51. The fraction of sp³-hybridized carbons (Fsp3) is 0.647. The molecular weight excluding hydrogens is 264 g/mol. The normalized spacial score (nSPS) is 11.1. The van der Waals surface area contributed by atoms with E-state index >= 15 is 0 Å². The Morgan fingerprint density at radius 3 is 2.71 bits per heavy atom. The molecule has 0 saturated heterocycles. The molecule has 1 aromatic carbocycles. The highest BCUT2D eigenvalue weighted by Gasteiger charge is 2.07. The average Bonchev–Trinajstić information content (AvgIpc) is 2.51. The molecule has 0 spiro atoms. The molecule has 0 fully saturated rings. The van der Waals surface area contributed by atoms with E-state index in [4.69, 9.17) is 9.84 Å². The van der Waals surface area contributed by atoms with Crippen molar-refractivity contribution in [3.8, 4) is 5.75 Å². The van der Waals surface area contributed by atoms with Crippen LogP contribution in [-0.4, -0.2) is 43.4 Å². The summed E-state index contributed by atoms with van der Waals surface area (Å²) in [7, 11) is 1.72. The number of nitrogens with one attached hydrogen (secondary N) is 1. The molecule has 2 N–H and O–H groups in total. The monoisotopic (exact) mass is 294 g/mol. The second-order valence-electron chi connectivity index (χ2n) is 5.27. The van der Waals surface area contributed by atoms with Crippen molar-refractivity contribution in [2.24, 2.45) is 0 Å². The minimum Gasteiger partial charge on any atom is -0.496 e. The van der Waals surface area contributed by atoms with Gasteiger partial charge < -0.3 is 15.2 Å². The van der Waals surface area contributed by atoms with Gasteiger partial charge in [0.2, 0.25) is 0 Å². The second kappa shape index (κ2) is 10.6. The zero-order valence-corrected chi connectivity index (χ0v) is 13.7. The van der Waals surface area contributed by atoms with Gasteiger partial charge in [-0.25, -0.2) is 0 Å². The van der Waals surface area contributed by atoms with Crippen LogP contribution in [0.15, 0.2) is 18.2 Å². The molecule has 0 atom stereocenters. The SMILES string of the molecule is CCCCNCc1ccc(CN(CC)CCO)cc1OC. The lowest BCUT2D eigenvalue weighted by Crippen LogP contribution is -2.26. The molecule has 0 bridgehead atoms. The molecule has 4 heteroatoms. The van der Waals surface area contributed by atoms with Gasteiger partial charge in [-0.15, -0.1) is 0 Å². The van der Waals surface area contributed by atoms with Crippen LogP contribution in [0.3, 0.4) is 0 Å². The zero-order chi connectivity index (χ0) is 15.5. The first-order valence-electron chi connectivity index (χ1n) is 7.94. The van der Waals surface area contributed by atoms with Crippen LogP contribution in [0.2, 0.25) is 0 Å². The molecule has 0 aromatic heterocycles. The maximum absolute atomic E-state index is 9.06. The summed E-state index contributed by atoms with van der Waals surface area (Å²) in [6, 6.07) is 6.40. The Hall–Kier alpha value is -1.10. The van der Waals surface area contributed by atoms with E-state index in [9.17, 15) is 0 Å². The molecule has 0 heterocycles. The van der Waals surface area contributed by atoms with Crippen LogP contribution < -0.4 is 10.1 Å². The van der Waals surface area contributed by atoms with Gasteiger partial charge in [0.25, 0.3) is 0 Å². The Balaban J connectivity index is 2.64. The van der Waals surface area contributed by atoms with Gasteiger partial charge in [-0.3, -0.25) is 4.90 Å². The average molecular weight is 294 g/mol. The number of aliphatic hydroxyl groups is 1. The van der Waals surface area contributed by atoms with Gasteiger partial charge in [-0.2, -0.15) is 0 Å². The minimum atomic E-state index is 0.199. The van der Waals surface area contributed by atoms with Crippen molar-refractivity contribution in [3.63, 3.8) is 0 Å². The number of hydrogen-bond acceptors (Lipinski definition) is 4. The predicted octanol–water partition coefficient (Wildman–Crippen LogP) is 2.40. The third-order valence-corrected chi connectivity index (χ3v) is 3.64. The molecule has 120 valence electrons. The molecule has 0 aliphatic carbocycles. The summed E-state index contributed by atoms with van der Waals surface area (Å²) in [5.74, 6) is 0.941. The Morgan fingerprint density at radius 2 is 2.10 bits per heavy atom. The van der Waals surface area contributed by atoms with Gasteiger partial charge in [0, 0.05) is 25.2 Å². The second-order valence-corrected chi connectivity index (χ2v) is 5.27. The van der Waals surface area contributed by atoms with E-state index in [1.807, 2.05) is 0 Å². The van der Waals surface area contributed by atoms with E-state index in [1.165, 1.54) is 24.0 Å². The van der Waals surface area contributed by atoms with E-state index in [0.29, 0.717) is 6.54 Å². The number of benzene rings is 1. The van der Waals surface area contributed by atoms with Crippen LogP contribution in [0.25, 0.3) is 0 Å². The molecule has 4 nitrogen and oxygen atoms in total. The summed E-state index contributed by atoms with van der Waals surface area (Å²) in [6.45, 7) is 8.88. The number of nitrogens with zero attached hydrogens (tertiary/aromatic N) is 1. The molecule has 0 amide bonds. The maximum Gasteiger partial charge on any atom is 0.123 e. The van der Waals surface area contributed by atoms with Crippen LogP contribution in [0.4, 0.5) is 0 Å². The van der Waals surface area contributed by atoms with Gasteiger partial charge in [0.05, 0.1) is 13.7 Å². The minimum absolute atomic E-state index is 0.199. The van der Waals surface area contributed by atoms with Gasteiger partial charge in [-0.05, 0) is 31.1 Å². The third kappa shape index (κ3) is 6.46. The molecule has 21 heavy (non-hydrogen) atoms. The van der Waals surface area contributed by atoms with E-state index in [2.05, 4.69) is 42.3 Å². The number of hydrogen-bond donors (Lipinski definition) is 2. The molecule has 1 aromatic rings. The van der Waals surface area contributed by atoms with Crippen LogP contribution in [0, 0.1) is 0 Å². The van der Waals surface area contributed by atoms with Crippen molar-refractivity contribution in [2.75, 3.05) is 33.4 Å². The number of rotatable bonds is 11. The summed E-state index contributed by atoms with van der Waals surface area (Å²) in [5.41, 5.74) is 2.42. The van der Waals surface area contributed by atoms with Gasteiger partial charge in [0.1, 0.15) is 5.75 Å². The van der Waals surface area contributed by atoms with E-state index in [1.54, 1.807) is 7.11 Å². The zero-order valence-electron chi connectivity index (χ0n) is 13.7. The standard InChI is InChI=1S/C17H30N2O2/c1-4-6-9-18-13-16-8-7-15(12-17(16)21-3)14-19(5-2)10-11-20/h7-8,12,18,20H,4-6,9-11,13-14H2,1-3H3. The van der Waals surface area contributed by atoms with Gasteiger partial charge in [0.15, 0.2) is 0 Å². The van der Waals surface area contributed by atoms with Crippen molar-refractivity contribution < 1.29 is 9.84 Å². The first-order chi connectivity index (χ1) is 10.2. The van der Waals surface area contributed by atoms with Crippen LogP contribution >= 0.6 is 0 Å². The van der Waals surface area contributed by atoms with Gasteiger partial charge >= 0.3 is 0 Å². The molecule has 0 radical (unpaired) electrons. The largest absolute Gasteiger partial charge is 0.496 e. The third-order valence-electron chi connectivity index (χ3n) is 3.64. The highest BCUT2D eigenvalue weighted by Crippen LogP contribution is 2.21. The van der Waals surface area contributed by atoms with Crippen molar-refractivity contribution in [3.05, 3.63) is 29.3 Å². The number of likely N-dealkylation sites (N-methyl/N-ethyl adjacent to an activating group) is 1. The molecule has 0 aliphatic rings. The Labute approximate surface area is 129 Å². The van der Waals surface area contributed by atoms with Crippen LogP contribution in [-0.2, 0) is 13.1 Å². The highest BCUT2D eigenvalue weighted by atomic mass is 16.5. The quantitative estimate of drug-likeness (QED) is 0.615. The van der Waals surface area contributed by atoms with Crippen molar-refractivity contribution in [1.29, 1.82) is 0 Å². The summed E-state index contributed by atoms with van der Waals surface area (Å²) in [6.07, 6.45) is 2.41. The van der Waals surface area contributed by atoms with Crippen molar-refractivity contribution in [1.82, 2.24) is 10.2 Å². The first-order valence-corrected chi connectivity index (χ1v) is 7.94. The number of aliphatic hydroxyl groups excluding tert-OH is 1. The summed E-state index contributed by atoms with van der Waals surface area (Å²) >= 11 is 0. The molecule has 0 aliphatic heterocycles. The lowest BCUT2D eigenvalue weighted by Gasteiger charge is -2.20. The lowest BCUT2D eigenvalue weighted by atomic mass is 10.1. The van der Waals surface area contributed by atoms with Crippen molar-refractivity contribution >= 4 is 0 Å². The van der Waals surface area contributed by atoms with Crippen LogP contribution in [0.5, 0.6) is 5.75 Å². The molecule has 0 unspecified atom stereocenters. The number of ether oxygens (including phenoxy) is 1. The lowest BCUT2D eigenvalue weighted by molar-refractivity contribution is 0.196.